The molecule has 1 saturated heterocycles. The molecule has 1 N–H and O–H groups in total. The summed E-state index contributed by atoms with van der Waals surface area (Å²) >= 11 is 0. The minimum absolute atomic E-state index is 0.0681. The minimum Gasteiger partial charge on any atom is -0.351 e. The molecule has 16 heavy (non-hydrogen) atoms. The van der Waals surface area contributed by atoms with Gasteiger partial charge >= 0.3 is 0 Å². The van der Waals surface area contributed by atoms with Gasteiger partial charge in [-0.2, -0.15) is 0 Å². The first-order chi connectivity index (χ1) is 7.58. The Kier molecular flexibility index (Phi) is 2.96. The first-order valence-corrected chi connectivity index (χ1v) is 5.55. The Balaban J connectivity index is 2.14. The van der Waals surface area contributed by atoms with E-state index in [9.17, 15) is 4.79 Å². The van der Waals surface area contributed by atoms with Crippen LogP contribution >= 0.6 is 0 Å². The van der Waals surface area contributed by atoms with Gasteiger partial charge < -0.3 is 14.7 Å². The Morgan fingerprint density at radius 2 is 2.38 bits per heavy atom. The molecular weight excluding hydrogens is 206 g/mol. The van der Waals surface area contributed by atoms with Crippen LogP contribution in [-0.2, 0) is 0 Å². The van der Waals surface area contributed by atoms with Gasteiger partial charge in [0.1, 0.15) is 0 Å². The number of carbonyl (C=O) groups is 1. The Bertz CT molecular complexity index is 388. The van der Waals surface area contributed by atoms with Crippen molar-refractivity contribution in [1.82, 2.24) is 15.4 Å². The summed E-state index contributed by atoms with van der Waals surface area (Å²) in [5.74, 6) is 0.264. The molecule has 2 rings (SSSR count). The maximum Gasteiger partial charge on any atom is 0.292 e. The zero-order valence-electron chi connectivity index (χ0n) is 9.86. The average Bonchev–Trinajstić information content (AvgIpc) is 2.67. The third-order valence-corrected chi connectivity index (χ3v) is 2.86. The Morgan fingerprint density at radius 3 is 3.00 bits per heavy atom. The second-order valence-electron chi connectivity index (χ2n) is 4.45. The maximum absolute atomic E-state index is 12.1. The van der Waals surface area contributed by atoms with Crippen LogP contribution in [0.25, 0.3) is 0 Å². The number of nitrogens with one attached hydrogen (secondary N) is 1. The fourth-order valence-electron chi connectivity index (χ4n) is 1.91. The molecule has 0 aromatic carbocycles. The van der Waals surface area contributed by atoms with Crippen LogP contribution in [0.5, 0.6) is 0 Å². The number of aryl methyl sites for hydroxylation is 1. The quantitative estimate of drug-likeness (QED) is 0.765. The Hall–Kier alpha value is -1.36. The first kappa shape index (κ1) is 11.1. The fourth-order valence-corrected chi connectivity index (χ4v) is 1.91. The molecule has 1 aromatic rings. The lowest BCUT2D eigenvalue weighted by molar-refractivity contribution is 0.0574. The number of rotatable bonds is 1. The lowest BCUT2D eigenvalue weighted by Gasteiger charge is -2.36. The minimum atomic E-state index is -0.0681. The smallest absolute Gasteiger partial charge is 0.292 e. The second kappa shape index (κ2) is 4.25. The van der Waals surface area contributed by atoms with Gasteiger partial charge in [0.05, 0.1) is 5.69 Å². The zero-order valence-corrected chi connectivity index (χ0v) is 9.86. The van der Waals surface area contributed by atoms with Crippen molar-refractivity contribution >= 4 is 5.91 Å². The number of amides is 1. The normalized spacial score (nSPS) is 25.8. The van der Waals surface area contributed by atoms with Crippen molar-refractivity contribution in [3.63, 3.8) is 0 Å². The van der Waals surface area contributed by atoms with E-state index in [-0.39, 0.29) is 11.9 Å². The molecule has 1 amide bonds. The topological polar surface area (TPSA) is 58.4 Å². The van der Waals surface area contributed by atoms with Gasteiger partial charge in [-0.25, -0.2) is 0 Å². The molecule has 2 atom stereocenters. The van der Waals surface area contributed by atoms with Crippen LogP contribution in [0, 0.1) is 6.92 Å². The van der Waals surface area contributed by atoms with Crippen molar-refractivity contribution in [1.29, 1.82) is 0 Å². The third kappa shape index (κ3) is 2.09. The molecule has 0 saturated carbocycles. The van der Waals surface area contributed by atoms with E-state index in [2.05, 4.69) is 17.4 Å². The van der Waals surface area contributed by atoms with E-state index in [0.29, 0.717) is 18.3 Å². The van der Waals surface area contributed by atoms with E-state index in [1.54, 1.807) is 6.07 Å². The summed E-state index contributed by atoms with van der Waals surface area (Å²) in [7, 11) is 0. The monoisotopic (exact) mass is 223 g/mol. The molecule has 0 bridgehead atoms. The number of nitrogens with zero attached hydrogens (tertiary/aromatic N) is 2. The standard InChI is InChI=1S/C11H17N3O2/c1-7-4-10(16-13-7)11(15)14-6-8(2)12-5-9(14)3/h4,8-9,12H,5-6H2,1-3H3. The second-order valence-corrected chi connectivity index (χ2v) is 4.45. The van der Waals surface area contributed by atoms with Gasteiger partial charge in [0, 0.05) is 31.2 Å². The molecular formula is C11H17N3O2. The number of hydrogen-bond acceptors (Lipinski definition) is 4. The van der Waals surface area contributed by atoms with Crippen molar-refractivity contribution in [3.05, 3.63) is 17.5 Å². The molecule has 5 heteroatoms. The van der Waals surface area contributed by atoms with E-state index in [1.165, 1.54) is 0 Å². The van der Waals surface area contributed by atoms with Gasteiger partial charge in [0.25, 0.3) is 5.91 Å². The molecule has 88 valence electrons. The van der Waals surface area contributed by atoms with Gasteiger partial charge in [-0.1, -0.05) is 5.16 Å². The molecule has 2 heterocycles. The van der Waals surface area contributed by atoms with Crippen LogP contribution in [0.3, 0.4) is 0 Å². The predicted molar refractivity (Wildman–Crippen MR) is 59.2 cm³/mol. The summed E-state index contributed by atoms with van der Waals surface area (Å²) in [6, 6.07) is 2.19. The van der Waals surface area contributed by atoms with Crippen molar-refractivity contribution in [3.8, 4) is 0 Å². The number of hydrogen-bond donors (Lipinski definition) is 1. The summed E-state index contributed by atoms with van der Waals surface area (Å²) < 4.78 is 5.00. The van der Waals surface area contributed by atoms with Gasteiger partial charge in [-0.15, -0.1) is 0 Å². The molecule has 1 aliphatic heterocycles. The zero-order chi connectivity index (χ0) is 11.7. The highest BCUT2D eigenvalue weighted by atomic mass is 16.5. The molecule has 0 aliphatic carbocycles. The van der Waals surface area contributed by atoms with Gasteiger partial charge in [-0.3, -0.25) is 4.79 Å². The van der Waals surface area contributed by atoms with E-state index >= 15 is 0 Å². The Labute approximate surface area is 94.8 Å². The van der Waals surface area contributed by atoms with E-state index in [0.717, 1.165) is 12.2 Å². The fraction of sp³-hybridized carbons (Fsp3) is 0.636. The van der Waals surface area contributed by atoms with Gasteiger partial charge in [0.15, 0.2) is 0 Å². The third-order valence-electron chi connectivity index (χ3n) is 2.86. The summed E-state index contributed by atoms with van der Waals surface area (Å²) in [6.07, 6.45) is 0. The molecule has 0 spiro atoms. The van der Waals surface area contributed by atoms with Gasteiger partial charge in [0.2, 0.25) is 5.76 Å². The molecule has 1 aromatic heterocycles. The van der Waals surface area contributed by atoms with Crippen molar-refractivity contribution in [2.24, 2.45) is 0 Å². The largest absolute Gasteiger partial charge is 0.351 e. The van der Waals surface area contributed by atoms with Gasteiger partial charge in [-0.05, 0) is 20.8 Å². The summed E-state index contributed by atoms with van der Waals surface area (Å²) in [5, 5.41) is 7.07. The van der Waals surface area contributed by atoms with Crippen LogP contribution in [0.15, 0.2) is 10.6 Å². The highest BCUT2D eigenvalue weighted by Crippen LogP contribution is 2.13. The molecule has 1 aliphatic rings. The molecule has 0 radical (unpaired) electrons. The molecule has 1 fully saturated rings. The van der Waals surface area contributed by atoms with E-state index in [1.807, 2.05) is 18.7 Å². The highest BCUT2D eigenvalue weighted by molar-refractivity contribution is 5.91. The lowest BCUT2D eigenvalue weighted by atomic mass is 10.1. The number of aromatic nitrogens is 1. The van der Waals surface area contributed by atoms with Crippen molar-refractivity contribution in [2.45, 2.75) is 32.9 Å². The lowest BCUT2D eigenvalue weighted by Crippen LogP contribution is -2.56. The van der Waals surface area contributed by atoms with E-state index < -0.39 is 0 Å². The summed E-state index contributed by atoms with van der Waals surface area (Å²) in [4.78, 5) is 14.0. The molecule has 2 unspecified atom stereocenters. The van der Waals surface area contributed by atoms with Crippen LogP contribution in [0.1, 0.15) is 30.1 Å². The average molecular weight is 223 g/mol. The highest BCUT2D eigenvalue weighted by Gasteiger charge is 2.29. The maximum atomic E-state index is 12.1. The van der Waals surface area contributed by atoms with E-state index in [4.69, 9.17) is 4.52 Å². The Morgan fingerprint density at radius 1 is 1.62 bits per heavy atom. The van der Waals surface area contributed by atoms with Crippen LogP contribution in [0.4, 0.5) is 0 Å². The van der Waals surface area contributed by atoms with Crippen LogP contribution in [0.2, 0.25) is 0 Å². The van der Waals surface area contributed by atoms with Crippen LogP contribution in [-0.4, -0.2) is 41.1 Å². The molecule has 5 nitrogen and oxygen atoms in total. The SMILES string of the molecule is Cc1cc(C(=O)N2CC(C)NCC2C)on1. The van der Waals surface area contributed by atoms with Crippen LogP contribution < -0.4 is 5.32 Å². The predicted octanol–water partition coefficient (Wildman–Crippen LogP) is 0.805. The first-order valence-electron chi connectivity index (χ1n) is 5.55. The number of carbonyl (C=O) groups excluding carboxylic acids is 1. The summed E-state index contributed by atoms with van der Waals surface area (Å²) in [5.41, 5.74) is 0.735. The summed E-state index contributed by atoms with van der Waals surface area (Å²) in [6.45, 7) is 7.43. The van der Waals surface area contributed by atoms with Crippen molar-refractivity contribution < 1.29 is 9.32 Å². The van der Waals surface area contributed by atoms with Crippen molar-refractivity contribution in [2.75, 3.05) is 13.1 Å². The number of piperazine rings is 1.